The summed E-state index contributed by atoms with van der Waals surface area (Å²) in [5.74, 6) is -0.0367. The largest absolute Gasteiger partial charge is 0.352 e. The summed E-state index contributed by atoms with van der Waals surface area (Å²) in [5.41, 5.74) is 1.78. The third-order valence-corrected chi connectivity index (χ3v) is 11.7. The van der Waals surface area contributed by atoms with Crippen LogP contribution in [0.25, 0.3) is 0 Å². The lowest BCUT2D eigenvalue weighted by Gasteiger charge is -2.11. The minimum atomic E-state index is -1.37. The molecule has 0 saturated heterocycles. The highest BCUT2D eigenvalue weighted by Gasteiger charge is 2.15. The third kappa shape index (κ3) is 26.7. The second-order valence-corrected chi connectivity index (χ2v) is 16.0. The molecule has 0 atom stereocenters. The Morgan fingerprint density at radius 1 is 0.489 bits per heavy atom. The third-order valence-electron chi connectivity index (χ3n) is 10.0. The van der Waals surface area contributed by atoms with E-state index in [1.54, 1.807) is 0 Å². The van der Waals surface area contributed by atoms with Gasteiger partial charge in [0.1, 0.15) is 0 Å². The van der Waals surface area contributed by atoms with Crippen molar-refractivity contribution in [3.8, 4) is 0 Å². The predicted molar refractivity (Wildman–Crippen MR) is 215 cm³/mol. The number of halogens is 1. The molecule has 4 heteroatoms. The maximum Gasteiger partial charge on any atom is 0.252 e. The van der Waals surface area contributed by atoms with Crippen molar-refractivity contribution in [1.82, 2.24) is 5.32 Å². The maximum atomic E-state index is 12.9. The molecule has 0 aliphatic heterocycles. The van der Waals surface area contributed by atoms with Gasteiger partial charge in [-0.05, 0) is 30.9 Å². The molecule has 1 N–H and O–H groups in total. The average molecular weight is 768 g/mol. The number of rotatable bonds is 36. The van der Waals surface area contributed by atoms with E-state index in [0.717, 1.165) is 34.9 Å². The quantitative estimate of drug-likeness (QED) is 0.0546. The summed E-state index contributed by atoms with van der Waals surface area (Å²) >= 11 is -1.37. The van der Waals surface area contributed by atoms with Crippen molar-refractivity contribution < 1.29 is 7.86 Å². The van der Waals surface area contributed by atoms with E-state index in [-0.39, 0.29) is 5.91 Å². The summed E-state index contributed by atoms with van der Waals surface area (Å²) in [6, 6.07) is 5.94. The van der Waals surface area contributed by atoms with Crippen LogP contribution in [0.3, 0.4) is 0 Å². The molecule has 1 aromatic carbocycles. The molecule has 0 aliphatic carbocycles. The van der Waals surface area contributed by atoms with Gasteiger partial charge >= 0.3 is 0 Å². The average Bonchev–Trinajstić information content (AvgIpc) is 3.09. The summed E-state index contributed by atoms with van der Waals surface area (Å²) in [6.45, 7) is 5.30. The van der Waals surface area contributed by atoms with Gasteiger partial charge in [0.2, 0.25) is 0 Å². The van der Waals surface area contributed by atoms with Crippen LogP contribution < -0.4 is 5.32 Å². The van der Waals surface area contributed by atoms with Gasteiger partial charge in [0.15, 0.2) is 21.2 Å². The van der Waals surface area contributed by atoms with Gasteiger partial charge in [-0.3, -0.25) is 7.86 Å². The molecule has 274 valence electrons. The van der Waals surface area contributed by atoms with E-state index < -0.39 is 21.2 Å². The van der Waals surface area contributed by atoms with Gasteiger partial charge in [-0.15, -0.1) is 0 Å². The van der Waals surface area contributed by atoms with Crippen molar-refractivity contribution in [2.75, 3.05) is 6.54 Å². The zero-order valence-electron chi connectivity index (χ0n) is 31.5. The fraction of sp³-hybridized carbons (Fsp3) is 0.837. The first-order valence-electron chi connectivity index (χ1n) is 20.9. The Labute approximate surface area is 304 Å². The molecule has 0 spiro atoms. The van der Waals surface area contributed by atoms with E-state index >= 15 is 0 Å². The Bertz CT molecular complexity index is 841. The molecule has 0 heterocycles. The van der Waals surface area contributed by atoms with E-state index in [1.165, 1.54) is 193 Å². The second kappa shape index (κ2) is 35.1. The minimum absolute atomic E-state index is 0.0367. The second-order valence-electron chi connectivity index (χ2n) is 14.5. The van der Waals surface area contributed by atoms with Crippen LogP contribution in [0.5, 0.6) is 0 Å². The smallest absolute Gasteiger partial charge is 0.252 e. The SMILES string of the molecule is CCCCCCCCCCCCCCCCCCNC(=O)c1cccc(CCCCCCCCCCCCCCCCCC)c1I=O. The van der Waals surface area contributed by atoms with Crippen LogP contribution in [0, 0.1) is 3.57 Å². The van der Waals surface area contributed by atoms with Crippen molar-refractivity contribution in [2.45, 2.75) is 226 Å². The summed E-state index contributed by atoms with van der Waals surface area (Å²) in [4.78, 5) is 12.9. The highest BCUT2D eigenvalue weighted by atomic mass is 127. The fourth-order valence-corrected chi connectivity index (χ4v) is 8.27. The Balaban J connectivity index is 2.03. The fourth-order valence-electron chi connectivity index (χ4n) is 6.87. The van der Waals surface area contributed by atoms with Crippen LogP contribution in [-0.2, 0) is 9.49 Å². The Kier molecular flexibility index (Phi) is 33.0. The van der Waals surface area contributed by atoms with Gasteiger partial charge in [-0.25, -0.2) is 0 Å². The first-order chi connectivity index (χ1) is 23.2. The van der Waals surface area contributed by atoms with Gasteiger partial charge in [-0.1, -0.05) is 219 Å². The van der Waals surface area contributed by atoms with Crippen LogP contribution in [0.1, 0.15) is 235 Å². The summed E-state index contributed by atoms with van der Waals surface area (Å²) in [7, 11) is 0. The number of carbonyl (C=O) groups excluding carboxylic acids is 1. The molecular weight excluding hydrogens is 689 g/mol. The minimum Gasteiger partial charge on any atom is -0.352 e. The molecule has 1 aromatic rings. The summed E-state index contributed by atoms with van der Waals surface area (Å²) in [6.07, 6.45) is 44.5. The maximum absolute atomic E-state index is 12.9. The Hall–Kier alpha value is -0.780. The first-order valence-corrected chi connectivity index (χ1v) is 22.9. The van der Waals surface area contributed by atoms with Crippen molar-refractivity contribution in [3.63, 3.8) is 0 Å². The van der Waals surface area contributed by atoms with E-state index in [0.29, 0.717) is 5.56 Å². The van der Waals surface area contributed by atoms with Crippen molar-refractivity contribution in [1.29, 1.82) is 0 Å². The van der Waals surface area contributed by atoms with Crippen LogP contribution >= 0.6 is 21.2 Å². The van der Waals surface area contributed by atoms with Gasteiger partial charge in [-0.2, -0.15) is 0 Å². The number of amides is 1. The molecule has 1 amide bonds. The van der Waals surface area contributed by atoms with Crippen LogP contribution in [0.2, 0.25) is 0 Å². The lowest BCUT2D eigenvalue weighted by Crippen LogP contribution is -2.25. The van der Waals surface area contributed by atoms with Gasteiger partial charge in [0, 0.05) is 6.54 Å². The molecule has 0 unspecified atom stereocenters. The number of hydrogen-bond donors (Lipinski definition) is 1. The highest BCUT2D eigenvalue weighted by Crippen LogP contribution is 2.24. The normalized spacial score (nSPS) is 11.4. The standard InChI is InChI=1S/C43H78INO2/c1-3-5-7-9-11-13-15-17-19-21-23-25-27-29-31-33-36-40-37-35-38-41(42(40)44-47)43(46)45-39-34-32-30-28-26-24-22-20-18-16-14-12-10-8-6-4-2/h35,37-38H,3-34,36,39H2,1-2H3,(H,45,46). The van der Waals surface area contributed by atoms with Gasteiger partial charge in [0.05, 0.1) is 9.13 Å². The van der Waals surface area contributed by atoms with Crippen molar-refractivity contribution >= 4 is 27.1 Å². The molecule has 3 nitrogen and oxygen atoms in total. The van der Waals surface area contributed by atoms with Crippen molar-refractivity contribution in [2.24, 2.45) is 0 Å². The Morgan fingerprint density at radius 3 is 1.19 bits per heavy atom. The number of hydrogen-bond acceptors (Lipinski definition) is 2. The highest BCUT2D eigenvalue weighted by molar-refractivity contribution is 14.1. The molecule has 0 radical (unpaired) electrons. The topological polar surface area (TPSA) is 46.2 Å². The lowest BCUT2D eigenvalue weighted by molar-refractivity contribution is 0.0952. The number of benzene rings is 1. The van der Waals surface area contributed by atoms with Crippen molar-refractivity contribution in [3.05, 3.63) is 32.9 Å². The van der Waals surface area contributed by atoms with E-state index in [1.807, 2.05) is 12.1 Å². The molecule has 47 heavy (non-hydrogen) atoms. The van der Waals surface area contributed by atoms with Crippen LogP contribution in [0.4, 0.5) is 0 Å². The number of carbonyl (C=O) groups is 1. The van der Waals surface area contributed by atoms with Crippen LogP contribution in [-0.4, -0.2) is 12.5 Å². The Morgan fingerprint density at radius 2 is 0.830 bits per heavy atom. The summed E-state index contributed by atoms with van der Waals surface area (Å²) < 4.78 is 13.0. The number of aryl methyl sites for hydroxylation is 1. The first kappa shape index (κ1) is 44.2. The molecule has 0 saturated carbocycles. The molecule has 0 aliphatic rings. The molecular formula is C43H78INO2. The number of nitrogens with one attached hydrogen (secondary N) is 1. The molecule has 0 bridgehead atoms. The molecule has 0 fully saturated rings. The zero-order valence-corrected chi connectivity index (χ0v) is 33.6. The van der Waals surface area contributed by atoms with E-state index in [2.05, 4.69) is 25.2 Å². The lowest BCUT2D eigenvalue weighted by atomic mass is 10.0. The molecule has 1 rings (SSSR count). The number of unbranched alkanes of at least 4 members (excludes halogenated alkanes) is 30. The van der Waals surface area contributed by atoms with Gasteiger partial charge in [0.25, 0.3) is 5.91 Å². The monoisotopic (exact) mass is 768 g/mol. The predicted octanol–water partition coefficient (Wildman–Crippen LogP) is 15.0. The zero-order chi connectivity index (χ0) is 33.9. The molecule has 0 aromatic heterocycles. The van der Waals surface area contributed by atoms with E-state index in [4.69, 9.17) is 0 Å². The summed E-state index contributed by atoms with van der Waals surface area (Å²) in [5, 5.41) is 3.11. The van der Waals surface area contributed by atoms with Crippen LogP contribution in [0.15, 0.2) is 18.2 Å². The van der Waals surface area contributed by atoms with Gasteiger partial charge < -0.3 is 5.32 Å². The van der Waals surface area contributed by atoms with E-state index in [9.17, 15) is 7.86 Å².